The van der Waals surface area contributed by atoms with E-state index in [1.165, 1.54) is 0 Å². The lowest BCUT2D eigenvalue weighted by molar-refractivity contribution is -0.117. The van der Waals surface area contributed by atoms with Gasteiger partial charge in [0.15, 0.2) is 5.78 Å². The van der Waals surface area contributed by atoms with Crippen molar-refractivity contribution < 1.29 is 4.79 Å². The largest absolute Gasteiger partial charge is 0.293 e. The van der Waals surface area contributed by atoms with Crippen molar-refractivity contribution >= 4 is 5.78 Å². The summed E-state index contributed by atoms with van der Waals surface area (Å²) in [6.07, 6.45) is 1.73. The number of hydrogen-bond donors (Lipinski definition) is 0. The van der Waals surface area contributed by atoms with Crippen molar-refractivity contribution in [3.8, 4) is 6.07 Å². The van der Waals surface area contributed by atoms with Crippen molar-refractivity contribution in [3.05, 3.63) is 11.6 Å². The summed E-state index contributed by atoms with van der Waals surface area (Å²) in [5, 5.41) is 8.77. The Bertz CT molecular complexity index is 261. The number of allylic oxidation sites excluding steroid dienone is 2. The molecule has 0 spiro atoms. The van der Waals surface area contributed by atoms with Gasteiger partial charge in [-0.15, -0.1) is 0 Å². The zero-order valence-electron chi connectivity index (χ0n) is 9.01. The maximum atomic E-state index is 11.5. The van der Waals surface area contributed by atoms with Crippen LogP contribution in [0, 0.1) is 22.7 Å². The molecule has 0 N–H and O–H groups in total. The van der Waals surface area contributed by atoms with Crippen molar-refractivity contribution in [2.75, 3.05) is 0 Å². The van der Waals surface area contributed by atoms with Crippen molar-refractivity contribution in [1.82, 2.24) is 0 Å². The number of ketones is 1. The first-order chi connectivity index (χ1) is 5.78. The zero-order valence-corrected chi connectivity index (χ0v) is 9.01. The van der Waals surface area contributed by atoms with Gasteiger partial charge < -0.3 is 0 Å². The molecule has 0 aliphatic carbocycles. The van der Waals surface area contributed by atoms with Crippen molar-refractivity contribution in [1.29, 1.82) is 5.26 Å². The smallest absolute Gasteiger partial charge is 0.175 e. The molecule has 0 aliphatic heterocycles. The van der Waals surface area contributed by atoms with Gasteiger partial charge in [0.25, 0.3) is 0 Å². The predicted octanol–water partition coefficient (Wildman–Crippen LogP) is 2.71. The van der Waals surface area contributed by atoms with E-state index in [0.717, 1.165) is 0 Å². The third-order valence-corrected chi connectivity index (χ3v) is 1.49. The summed E-state index contributed by atoms with van der Waals surface area (Å²) in [4.78, 5) is 11.5. The fourth-order valence-electron chi connectivity index (χ4n) is 0.903. The Labute approximate surface area is 80.3 Å². The van der Waals surface area contributed by atoms with E-state index in [1.807, 2.05) is 26.8 Å². The van der Waals surface area contributed by atoms with Crippen LogP contribution in [0.1, 0.15) is 34.6 Å². The molecule has 0 fully saturated rings. The summed E-state index contributed by atoms with van der Waals surface area (Å²) in [5.41, 5.74) is 0.165. The number of Topliss-reactive ketones (excluding diaryl/α,β-unsaturated/α-hetero) is 1. The van der Waals surface area contributed by atoms with Crippen LogP contribution in [0.2, 0.25) is 0 Å². The Balaban J connectivity index is 4.85. The van der Waals surface area contributed by atoms with Crippen LogP contribution >= 0.6 is 0 Å². The van der Waals surface area contributed by atoms with Gasteiger partial charge in [-0.25, -0.2) is 0 Å². The lowest BCUT2D eigenvalue weighted by atomic mass is 9.90. The summed E-state index contributed by atoms with van der Waals surface area (Å²) >= 11 is 0. The first kappa shape index (κ1) is 11.9. The van der Waals surface area contributed by atoms with Crippen LogP contribution in [0.5, 0.6) is 0 Å². The lowest BCUT2D eigenvalue weighted by Gasteiger charge is -2.13. The maximum Gasteiger partial charge on any atom is 0.175 e. The molecule has 2 heteroatoms. The summed E-state index contributed by atoms with van der Waals surface area (Å²) < 4.78 is 0. The predicted molar refractivity (Wildman–Crippen MR) is 53.0 cm³/mol. The van der Waals surface area contributed by atoms with E-state index >= 15 is 0 Å². The average Bonchev–Trinajstić information content (AvgIpc) is 1.97. The van der Waals surface area contributed by atoms with E-state index in [0.29, 0.717) is 0 Å². The molecule has 0 rings (SSSR count). The minimum atomic E-state index is -0.115. The van der Waals surface area contributed by atoms with E-state index in [2.05, 4.69) is 0 Å². The summed E-state index contributed by atoms with van der Waals surface area (Å²) in [6.45, 7) is 9.51. The Kier molecular flexibility index (Phi) is 3.87. The highest BCUT2D eigenvalue weighted by molar-refractivity contribution is 6.00. The van der Waals surface area contributed by atoms with Gasteiger partial charge in [0.1, 0.15) is 6.07 Å². The van der Waals surface area contributed by atoms with E-state index in [9.17, 15) is 4.79 Å². The molecule has 0 aromatic heterocycles. The zero-order chi connectivity index (χ0) is 10.6. The molecule has 0 aromatic rings. The average molecular weight is 179 g/mol. The lowest BCUT2D eigenvalue weighted by Crippen LogP contribution is -2.12. The molecule has 2 nitrogen and oxygen atoms in total. The molecule has 0 aliphatic rings. The molecular weight excluding hydrogens is 162 g/mol. The highest BCUT2D eigenvalue weighted by Crippen LogP contribution is 2.19. The van der Waals surface area contributed by atoms with Gasteiger partial charge >= 0.3 is 0 Å². The summed E-state index contributed by atoms with van der Waals surface area (Å²) in [6, 6.07) is 1.95. The number of nitrogens with zero attached hydrogens (tertiary/aromatic N) is 1. The van der Waals surface area contributed by atoms with Crippen LogP contribution in [0.3, 0.4) is 0 Å². The number of carbonyl (C=O) groups is 1. The van der Waals surface area contributed by atoms with E-state index < -0.39 is 0 Å². The fraction of sp³-hybridized carbons (Fsp3) is 0.636. The molecule has 0 radical (unpaired) electrons. The number of carbonyl (C=O) groups excluding carboxylic acids is 1. The standard InChI is InChI=1S/C11H17NO/c1-8(2)10(13)9(7-12)6-11(3,4)5/h6,8H,1-5H3/b9-6+. The molecule has 0 bridgehead atoms. The van der Waals surface area contributed by atoms with Crippen molar-refractivity contribution in [2.24, 2.45) is 11.3 Å². The monoisotopic (exact) mass is 179 g/mol. The van der Waals surface area contributed by atoms with Crippen LogP contribution < -0.4 is 0 Å². The first-order valence-corrected chi connectivity index (χ1v) is 4.45. The number of rotatable bonds is 2. The van der Waals surface area contributed by atoms with Gasteiger partial charge in [-0.2, -0.15) is 5.26 Å². The minimum absolute atomic E-state index is 0.0718. The third-order valence-electron chi connectivity index (χ3n) is 1.49. The SMILES string of the molecule is CC(C)C(=O)/C(C#N)=C/C(C)(C)C. The molecule has 0 unspecified atom stereocenters. The van der Waals surface area contributed by atoms with Gasteiger partial charge in [-0.05, 0) is 5.41 Å². The molecule has 0 amide bonds. The van der Waals surface area contributed by atoms with Crippen LogP contribution in [0.4, 0.5) is 0 Å². The number of nitriles is 1. The van der Waals surface area contributed by atoms with Gasteiger partial charge in [0, 0.05) is 5.92 Å². The Morgan fingerprint density at radius 2 is 1.85 bits per heavy atom. The van der Waals surface area contributed by atoms with Gasteiger partial charge in [0.2, 0.25) is 0 Å². The second kappa shape index (κ2) is 4.23. The Hall–Kier alpha value is -1.10. The van der Waals surface area contributed by atoms with E-state index in [-0.39, 0.29) is 22.7 Å². The Morgan fingerprint density at radius 3 is 2.08 bits per heavy atom. The van der Waals surface area contributed by atoms with Crippen LogP contribution in [0.25, 0.3) is 0 Å². The normalized spacial score (nSPS) is 12.8. The highest BCUT2D eigenvalue weighted by atomic mass is 16.1. The molecule has 0 heterocycles. The molecule has 72 valence electrons. The van der Waals surface area contributed by atoms with Crippen LogP contribution in [-0.2, 0) is 4.79 Å². The van der Waals surface area contributed by atoms with Crippen LogP contribution in [0.15, 0.2) is 11.6 Å². The molecule has 0 aromatic carbocycles. The van der Waals surface area contributed by atoms with Gasteiger partial charge in [-0.3, -0.25) is 4.79 Å². The molecule has 0 saturated carbocycles. The fourth-order valence-corrected chi connectivity index (χ4v) is 0.903. The Morgan fingerprint density at radius 1 is 1.38 bits per heavy atom. The molecular formula is C11H17NO. The van der Waals surface area contributed by atoms with Crippen LogP contribution in [-0.4, -0.2) is 5.78 Å². The third kappa shape index (κ3) is 4.47. The molecule has 0 saturated heterocycles. The minimum Gasteiger partial charge on any atom is -0.293 e. The second-order valence-corrected chi connectivity index (χ2v) is 4.55. The topological polar surface area (TPSA) is 40.9 Å². The number of hydrogen-bond acceptors (Lipinski definition) is 2. The summed E-state index contributed by atoms with van der Waals surface area (Å²) in [5.74, 6) is -0.175. The van der Waals surface area contributed by atoms with E-state index in [1.54, 1.807) is 19.9 Å². The molecule has 13 heavy (non-hydrogen) atoms. The summed E-state index contributed by atoms with van der Waals surface area (Å²) in [7, 11) is 0. The second-order valence-electron chi connectivity index (χ2n) is 4.55. The van der Waals surface area contributed by atoms with Crippen molar-refractivity contribution in [3.63, 3.8) is 0 Å². The molecule has 0 atom stereocenters. The maximum absolute atomic E-state index is 11.5. The van der Waals surface area contributed by atoms with E-state index in [4.69, 9.17) is 5.26 Å². The quantitative estimate of drug-likeness (QED) is 0.483. The van der Waals surface area contributed by atoms with Gasteiger partial charge in [0.05, 0.1) is 5.57 Å². The van der Waals surface area contributed by atoms with Gasteiger partial charge in [-0.1, -0.05) is 40.7 Å². The first-order valence-electron chi connectivity index (χ1n) is 4.45. The van der Waals surface area contributed by atoms with Crippen molar-refractivity contribution in [2.45, 2.75) is 34.6 Å². The highest BCUT2D eigenvalue weighted by Gasteiger charge is 2.16.